The minimum Gasteiger partial charge on any atom is -0.383 e. The molecule has 1 aromatic heterocycles. The van der Waals surface area contributed by atoms with E-state index in [0.717, 1.165) is 19.3 Å². The third kappa shape index (κ3) is 1.87. The average molecular weight is 296 g/mol. The van der Waals surface area contributed by atoms with Gasteiger partial charge in [-0.05, 0) is 56.3 Å². The Morgan fingerprint density at radius 3 is 2.20 bits per heavy atom. The van der Waals surface area contributed by atoms with Gasteiger partial charge in [-0.15, -0.1) is 0 Å². The maximum absolute atomic E-state index is 12.5. The molecular weight excluding hydrogens is 276 g/mol. The molecular formula is C13H20N4O2S. The molecule has 0 amide bonds. The standard InChI is InChI=1S/C13H20N4O2S/c14-12-11(7-15-16-12)20(18,19)17-13-4-8-1-9(5-13)3-10(2-8)6-13/h7-10,17H,1-6H2,(H3,14,15,16). The van der Waals surface area contributed by atoms with Crippen molar-refractivity contribution in [2.24, 2.45) is 17.8 Å². The zero-order valence-corrected chi connectivity index (χ0v) is 12.1. The number of nitrogens with zero attached hydrogens (tertiary/aromatic N) is 1. The molecule has 0 unspecified atom stereocenters. The number of aromatic amines is 1. The molecule has 0 saturated heterocycles. The zero-order valence-electron chi connectivity index (χ0n) is 11.3. The third-order valence-electron chi connectivity index (χ3n) is 5.31. The lowest BCUT2D eigenvalue weighted by molar-refractivity contribution is -0.00809. The fourth-order valence-electron chi connectivity index (χ4n) is 5.07. The van der Waals surface area contributed by atoms with Crippen LogP contribution in [-0.4, -0.2) is 24.2 Å². The summed E-state index contributed by atoms with van der Waals surface area (Å²) in [6.07, 6.45) is 8.10. The molecule has 4 fully saturated rings. The molecule has 4 aliphatic rings. The number of nitrogen functional groups attached to an aromatic ring is 1. The quantitative estimate of drug-likeness (QED) is 0.781. The maximum atomic E-state index is 12.5. The Balaban J connectivity index is 1.64. The second kappa shape index (κ2) is 3.98. The van der Waals surface area contributed by atoms with Gasteiger partial charge in [-0.3, -0.25) is 5.10 Å². The molecule has 4 saturated carbocycles. The normalized spacial score (nSPS) is 39.3. The molecule has 1 heterocycles. The first-order valence-electron chi connectivity index (χ1n) is 7.29. The van der Waals surface area contributed by atoms with E-state index < -0.39 is 10.0 Å². The lowest BCUT2D eigenvalue weighted by atomic mass is 9.53. The summed E-state index contributed by atoms with van der Waals surface area (Å²) in [6.45, 7) is 0. The summed E-state index contributed by atoms with van der Waals surface area (Å²) in [5.41, 5.74) is 5.42. The summed E-state index contributed by atoms with van der Waals surface area (Å²) in [4.78, 5) is 0.0771. The van der Waals surface area contributed by atoms with E-state index in [2.05, 4.69) is 14.9 Å². The van der Waals surface area contributed by atoms with E-state index in [1.807, 2.05) is 0 Å². The molecule has 0 radical (unpaired) electrons. The van der Waals surface area contributed by atoms with Crippen LogP contribution in [0.25, 0.3) is 0 Å². The third-order valence-corrected chi connectivity index (χ3v) is 6.92. The maximum Gasteiger partial charge on any atom is 0.246 e. The molecule has 1 aromatic rings. The Hall–Kier alpha value is -1.08. The van der Waals surface area contributed by atoms with Crippen LogP contribution in [0.1, 0.15) is 38.5 Å². The van der Waals surface area contributed by atoms with Gasteiger partial charge >= 0.3 is 0 Å². The van der Waals surface area contributed by atoms with Crippen LogP contribution < -0.4 is 10.5 Å². The molecule has 20 heavy (non-hydrogen) atoms. The topological polar surface area (TPSA) is 101 Å². The van der Waals surface area contributed by atoms with E-state index in [0.29, 0.717) is 17.8 Å². The Bertz CT molecular complexity index is 601. The fraction of sp³-hybridized carbons (Fsp3) is 0.769. The number of sulfonamides is 1. The van der Waals surface area contributed by atoms with E-state index >= 15 is 0 Å². The first-order chi connectivity index (χ1) is 9.46. The van der Waals surface area contributed by atoms with Crippen LogP contribution in [0, 0.1) is 17.8 Å². The summed E-state index contributed by atoms with van der Waals surface area (Å²) >= 11 is 0. The van der Waals surface area contributed by atoms with Crippen molar-refractivity contribution in [1.82, 2.24) is 14.9 Å². The van der Waals surface area contributed by atoms with Crippen molar-refractivity contribution in [3.05, 3.63) is 6.20 Å². The molecule has 110 valence electrons. The summed E-state index contributed by atoms with van der Waals surface area (Å²) in [6, 6.07) is 0. The van der Waals surface area contributed by atoms with E-state index in [9.17, 15) is 8.42 Å². The number of nitrogens with one attached hydrogen (secondary N) is 2. The molecule has 4 N–H and O–H groups in total. The van der Waals surface area contributed by atoms with Gasteiger partial charge in [0.2, 0.25) is 10.0 Å². The molecule has 5 rings (SSSR count). The molecule has 4 bridgehead atoms. The predicted octanol–water partition coefficient (Wildman–Crippen LogP) is 1.24. The van der Waals surface area contributed by atoms with Crippen molar-refractivity contribution >= 4 is 15.8 Å². The lowest BCUT2D eigenvalue weighted by Gasteiger charge is -2.56. The van der Waals surface area contributed by atoms with Crippen LogP contribution in [-0.2, 0) is 10.0 Å². The van der Waals surface area contributed by atoms with Crippen LogP contribution in [0.5, 0.6) is 0 Å². The molecule has 0 aliphatic heterocycles. The Morgan fingerprint density at radius 1 is 1.20 bits per heavy atom. The monoisotopic (exact) mass is 296 g/mol. The van der Waals surface area contributed by atoms with E-state index in [1.54, 1.807) is 0 Å². The number of rotatable bonds is 3. The zero-order chi connectivity index (χ0) is 14.0. The molecule has 0 spiro atoms. The number of hydrogen-bond donors (Lipinski definition) is 3. The molecule has 6 nitrogen and oxygen atoms in total. The Labute approximate surface area is 118 Å². The fourth-order valence-corrected chi connectivity index (χ4v) is 6.53. The van der Waals surface area contributed by atoms with Gasteiger partial charge < -0.3 is 5.73 Å². The molecule has 0 atom stereocenters. The van der Waals surface area contributed by atoms with Gasteiger partial charge in [0, 0.05) is 5.54 Å². The van der Waals surface area contributed by atoms with Crippen LogP contribution in [0.2, 0.25) is 0 Å². The van der Waals surface area contributed by atoms with Crippen LogP contribution in [0.3, 0.4) is 0 Å². The summed E-state index contributed by atoms with van der Waals surface area (Å²) in [7, 11) is -3.58. The number of anilines is 1. The van der Waals surface area contributed by atoms with Crippen molar-refractivity contribution in [2.75, 3.05) is 5.73 Å². The van der Waals surface area contributed by atoms with Gasteiger partial charge in [0.05, 0.1) is 6.20 Å². The molecule has 4 aliphatic carbocycles. The highest BCUT2D eigenvalue weighted by Gasteiger charge is 2.52. The highest BCUT2D eigenvalue weighted by atomic mass is 32.2. The van der Waals surface area contributed by atoms with Gasteiger partial charge in [0.15, 0.2) is 0 Å². The van der Waals surface area contributed by atoms with Crippen molar-refractivity contribution in [1.29, 1.82) is 0 Å². The van der Waals surface area contributed by atoms with Crippen LogP contribution in [0.4, 0.5) is 5.82 Å². The highest BCUT2D eigenvalue weighted by molar-refractivity contribution is 7.89. The van der Waals surface area contributed by atoms with Crippen molar-refractivity contribution in [2.45, 2.75) is 49.0 Å². The van der Waals surface area contributed by atoms with Gasteiger partial charge in [0.1, 0.15) is 10.7 Å². The van der Waals surface area contributed by atoms with Gasteiger partial charge in [-0.2, -0.15) is 5.10 Å². The smallest absolute Gasteiger partial charge is 0.246 e. The Kier molecular flexibility index (Phi) is 2.51. The molecule has 0 aromatic carbocycles. The second-order valence-electron chi connectivity index (χ2n) is 6.95. The van der Waals surface area contributed by atoms with Crippen molar-refractivity contribution < 1.29 is 8.42 Å². The SMILES string of the molecule is Nc1[nH]ncc1S(=O)(=O)NC12CC3CC(CC(C3)C1)C2. The summed E-state index contributed by atoms with van der Waals surface area (Å²) in [5.74, 6) is 2.21. The van der Waals surface area contributed by atoms with E-state index in [-0.39, 0.29) is 16.3 Å². The van der Waals surface area contributed by atoms with Crippen molar-refractivity contribution in [3.8, 4) is 0 Å². The van der Waals surface area contributed by atoms with E-state index in [4.69, 9.17) is 5.73 Å². The second-order valence-corrected chi connectivity index (χ2v) is 8.60. The minimum atomic E-state index is -3.58. The summed E-state index contributed by atoms with van der Waals surface area (Å²) < 4.78 is 28.1. The first-order valence-corrected chi connectivity index (χ1v) is 8.77. The lowest BCUT2D eigenvalue weighted by Crippen LogP contribution is -2.59. The minimum absolute atomic E-state index is 0.0771. The highest BCUT2D eigenvalue weighted by Crippen LogP contribution is 2.55. The largest absolute Gasteiger partial charge is 0.383 e. The first kappa shape index (κ1) is 12.6. The number of H-pyrrole nitrogens is 1. The van der Waals surface area contributed by atoms with Gasteiger partial charge in [-0.1, -0.05) is 0 Å². The molecule has 7 heteroatoms. The summed E-state index contributed by atoms with van der Waals surface area (Å²) in [5, 5.41) is 6.20. The van der Waals surface area contributed by atoms with Gasteiger partial charge in [0.25, 0.3) is 0 Å². The number of nitrogens with two attached hydrogens (primary N) is 1. The predicted molar refractivity (Wildman–Crippen MR) is 74.2 cm³/mol. The van der Waals surface area contributed by atoms with Gasteiger partial charge in [-0.25, -0.2) is 13.1 Å². The van der Waals surface area contributed by atoms with Crippen LogP contribution in [0.15, 0.2) is 11.1 Å². The number of hydrogen-bond acceptors (Lipinski definition) is 4. The average Bonchev–Trinajstić information content (AvgIpc) is 2.72. The van der Waals surface area contributed by atoms with E-state index in [1.165, 1.54) is 25.5 Å². The number of aromatic nitrogens is 2. The van der Waals surface area contributed by atoms with Crippen LogP contribution >= 0.6 is 0 Å². The van der Waals surface area contributed by atoms with Crippen molar-refractivity contribution in [3.63, 3.8) is 0 Å². The Morgan fingerprint density at radius 2 is 1.75 bits per heavy atom.